The van der Waals surface area contributed by atoms with Gasteiger partial charge in [-0.25, -0.2) is 9.97 Å². The van der Waals surface area contributed by atoms with Gasteiger partial charge < -0.3 is 16.0 Å². The highest BCUT2D eigenvalue weighted by atomic mass is 79.9. The maximum Gasteiger partial charge on any atom is 0.272 e. The normalized spacial score (nSPS) is 18.9. The molecule has 0 aliphatic carbocycles. The molecule has 3 aromatic heterocycles. The first-order chi connectivity index (χ1) is 14.4. The highest BCUT2D eigenvalue weighted by Crippen LogP contribution is 2.22. The SMILES string of the molecule is CC1CCN(C(=O)c2ccc(N)cn2)CC1NC(=O)c1ccc2cncc(Br)c2n1. The number of carbonyl (C=O) groups excluding carboxylic acids is 2. The van der Waals surface area contributed by atoms with E-state index in [1.807, 2.05) is 6.07 Å². The van der Waals surface area contributed by atoms with Crippen LogP contribution in [-0.4, -0.2) is 50.8 Å². The van der Waals surface area contributed by atoms with Crippen LogP contribution in [0.25, 0.3) is 10.9 Å². The molecule has 1 fully saturated rings. The smallest absolute Gasteiger partial charge is 0.272 e. The molecule has 0 bridgehead atoms. The van der Waals surface area contributed by atoms with Crippen LogP contribution < -0.4 is 11.1 Å². The number of nitrogen functional groups attached to an aromatic ring is 1. The number of likely N-dealkylation sites (tertiary alicyclic amines) is 1. The first-order valence-electron chi connectivity index (χ1n) is 9.64. The fourth-order valence-corrected chi connectivity index (χ4v) is 3.95. The number of halogens is 1. The summed E-state index contributed by atoms with van der Waals surface area (Å²) in [6.07, 6.45) is 5.60. The van der Waals surface area contributed by atoms with Crippen molar-refractivity contribution in [2.24, 2.45) is 5.92 Å². The van der Waals surface area contributed by atoms with Crippen LogP contribution in [0.4, 0.5) is 5.69 Å². The van der Waals surface area contributed by atoms with E-state index in [4.69, 9.17) is 5.73 Å². The standard InChI is InChI=1S/C21H21BrN6O2/c1-12-6-7-28(21(30)17-5-3-14(23)9-25-17)11-18(12)27-20(29)16-4-2-13-8-24-10-15(22)19(13)26-16/h2-5,8-10,12,18H,6-7,11,23H2,1H3,(H,27,29). The number of anilines is 1. The number of carbonyl (C=O) groups is 2. The lowest BCUT2D eigenvalue weighted by atomic mass is 9.93. The molecule has 154 valence electrons. The average molecular weight is 469 g/mol. The Balaban J connectivity index is 1.49. The number of nitrogens with two attached hydrogens (primary N) is 1. The number of aromatic nitrogens is 3. The Morgan fingerprint density at radius 3 is 2.73 bits per heavy atom. The van der Waals surface area contributed by atoms with Gasteiger partial charge in [0.1, 0.15) is 11.4 Å². The highest BCUT2D eigenvalue weighted by Gasteiger charge is 2.31. The molecule has 4 rings (SSSR count). The predicted octanol–water partition coefficient (Wildman–Crippen LogP) is 2.65. The molecule has 0 radical (unpaired) electrons. The quantitative estimate of drug-likeness (QED) is 0.610. The minimum Gasteiger partial charge on any atom is -0.397 e. The summed E-state index contributed by atoms with van der Waals surface area (Å²) in [7, 11) is 0. The molecular formula is C21H21BrN6O2. The number of piperidine rings is 1. The number of amides is 2. The van der Waals surface area contributed by atoms with Crippen molar-refractivity contribution in [3.63, 3.8) is 0 Å². The predicted molar refractivity (Wildman–Crippen MR) is 117 cm³/mol. The van der Waals surface area contributed by atoms with E-state index in [9.17, 15) is 9.59 Å². The summed E-state index contributed by atoms with van der Waals surface area (Å²) < 4.78 is 0.730. The van der Waals surface area contributed by atoms with Gasteiger partial charge in [-0.2, -0.15) is 0 Å². The zero-order valence-corrected chi connectivity index (χ0v) is 18.0. The van der Waals surface area contributed by atoms with E-state index in [0.717, 1.165) is 16.3 Å². The van der Waals surface area contributed by atoms with Crippen LogP contribution in [0.15, 0.2) is 47.3 Å². The first kappa shape index (κ1) is 20.2. The monoisotopic (exact) mass is 468 g/mol. The van der Waals surface area contributed by atoms with Gasteiger partial charge >= 0.3 is 0 Å². The summed E-state index contributed by atoms with van der Waals surface area (Å²) in [6, 6.07) is 6.60. The Morgan fingerprint density at radius 2 is 1.97 bits per heavy atom. The Kier molecular flexibility index (Phi) is 5.63. The molecule has 0 aromatic carbocycles. The van der Waals surface area contributed by atoms with Crippen LogP contribution in [0.3, 0.4) is 0 Å². The van der Waals surface area contributed by atoms with Crippen molar-refractivity contribution < 1.29 is 9.59 Å². The third kappa shape index (κ3) is 4.11. The van der Waals surface area contributed by atoms with Crippen molar-refractivity contribution in [1.29, 1.82) is 0 Å². The molecular weight excluding hydrogens is 448 g/mol. The number of hydrogen-bond donors (Lipinski definition) is 2. The van der Waals surface area contributed by atoms with Crippen LogP contribution in [0.2, 0.25) is 0 Å². The van der Waals surface area contributed by atoms with Gasteiger partial charge in [0.05, 0.1) is 21.9 Å². The first-order valence-corrected chi connectivity index (χ1v) is 10.4. The highest BCUT2D eigenvalue weighted by molar-refractivity contribution is 9.10. The second-order valence-electron chi connectivity index (χ2n) is 7.46. The molecule has 0 spiro atoms. The molecule has 1 aliphatic rings. The summed E-state index contributed by atoms with van der Waals surface area (Å²) in [5, 5.41) is 3.89. The summed E-state index contributed by atoms with van der Waals surface area (Å²) in [5.74, 6) is -0.201. The van der Waals surface area contributed by atoms with E-state index >= 15 is 0 Å². The van der Waals surface area contributed by atoms with Gasteiger partial charge in [-0.15, -0.1) is 0 Å². The van der Waals surface area contributed by atoms with E-state index in [0.29, 0.717) is 35.7 Å². The summed E-state index contributed by atoms with van der Waals surface area (Å²) in [6.45, 7) is 3.11. The van der Waals surface area contributed by atoms with Crippen molar-refractivity contribution in [3.05, 3.63) is 58.7 Å². The van der Waals surface area contributed by atoms with Crippen LogP contribution >= 0.6 is 15.9 Å². The summed E-state index contributed by atoms with van der Waals surface area (Å²) in [4.78, 5) is 40.1. The van der Waals surface area contributed by atoms with E-state index in [-0.39, 0.29) is 23.8 Å². The zero-order chi connectivity index (χ0) is 21.3. The summed E-state index contributed by atoms with van der Waals surface area (Å²) in [5.41, 5.74) is 7.51. The Hall–Kier alpha value is -3.07. The fourth-order valence-electron chi connectivity index (χ4n) is 3.51. The minimum atomic E-state index is -0.266. The molecule has 0 saturated carbocycles. The number of nitrogens with zero attached hydrogens (tertiary/aromatic N) is 4. The number of hydrogen-bond acceptors (Lipinski definition) is 6. The van der Waals surface area contributed by atoms with Gasteiger partial charge in [0.25, 0.3) is 11.8 Å². The largest absolute Gasteiger partial charge is 0.397 e. The van der Waals surface area contributed by atoms with Crippen molar-refractivity contribution in [2.75, 3.05) is 18.8 Å². The zero-order valence-electron chi connectivity index (χ0n) is 16.4. The molecule has 8 nitrogen and oxygen atoms in total. The lowest BCUT2D eigenvalue weighted by Gasteiger charge is -2.37. The Bertz CT molecular complexity index is 1100. The second kappa shape index (κ2) is 8.35. The molecule has 4 heterocycles. The van der Waals surface area contributed by atoms with Crippen LogP contribution in [0.1, 0.15) is 34.3 Å². The van der Waals surface area contributed by atoms with Gasteiger partial charge in [0.15, 0.2) is 0 Å². The maximum atomic E-state index is 12.9. The number of fused-ring (bicyclic) bond motifs is 1. The molecule has 1 saturated heterocycles. The van der Waals surface area contributed by atoms with E-state index in [2.05, 4.69) is 43.1 Å². The van der Waals surface area contributed by atoms with E-state index in [1.54, 1.807) is 35.5 Å². The maximum absolute atomic E-state index is 12.9. The molecule has 9 heteroatoms. The molecule has 2 unspecified atom stereocenters. The van der Waals surface area contributed by atoms with Gasteiger partial charge in [-0.3, -0.25) is 14.6 Å². The third-order valence-electron chi connectivity index (χ3n) is 5.35. The molecule has 2 amide bonds. The molecule has 3 N–H and O–H groups in total. The molecule has 3 aromatic rings. The molecule has 1 aliphatic heterocycles. The molecule has 2 atom stereocenters. The van der Waals surface area contributed by atoms with Gasteiger partial charge in [0, 0.05) is 36.9 Å². The topological polar surface area (TPSA) is 114 Å². The Morgan fingerprint density at radius 1 is 1.17 bits per heavy atom. The van der Waals surface area contributed by atoms with Crippen molar-refractivity contribution in [2.45, 2.75) is 19.4 Å². The number of nitrogens with one attached hydrogen (secondary N) is 1. The van der Waals surface area contributed by atoms with Gasteiger partial charge in [-0.05, 0) is 52.5 Å². The number of pyridine rings is 3. The van der Waals surface area contributed by atoms with Crippen LogP contribution in [-0.2, 0) is 0 Å². The minimum absolute atomic E-state index is 0.165. The lowest BCUT2D eigenvalue weighted by molar-refractivity contribution is 0.0619. The third-order valence-corrected chi connectivity index (χ3v) is 5.93. The van der Waals surface area contributed by atoms with Gasteiger partial charge in [-0.1, -0.05) is 6.92 Å². The van der Waals surface area contributed by atoms with Gasteiger partial charge in [0.2, 0.25) is 0 Å². The fraction of sp³-hybridized carbons (Fsp3) is 0.286. The van der Waals surface area contributed by atoms with Crippen molar-refractivity contribution in [3.8, 4) is 0 Å². The average Bonchev–Trinajstić information content (AvgIpc) is 2.75. The van der Waals surface area contributed by atoms with E-state index in [1.165, 1.54) is 6.20 Å². The van der Waals surface area contributed by atoms with E-state index < -0.39 is 0 Å². The summed E-state index contributed by atoms with van der Waals surface area (Å²) >= 11 is 3.42. The second-order valence-corrected chi connectivity index (χ2v) is 8.32. The van der Waals surface area contributed by atoms with Crippen molar-refractivity contribution in [1.82, 2.24) is 25.2 Å². The van der Waals surface area contributed by atoms with Crippen LogP contribution in [0, 0.1) is 5.92 Å². The van der Waals surface area contributed by atoms with Crippen molar-refractivity contribution >= 4 is 44.3 Å². The lowest BCUT2D eigenvalue weighted by Crippen LogP contribution is -2.53. The molecule has 30 heavy (non-hydrogen) atoms. The number of rotatable bonds is 3. The Labute approximate surface area is 182 Å². The van der Waals surface area contributed by atoms with Crippen LogP contribution in [0.5, 0.6) is 0 Å².